The van der Waals surface area contributed by atoms with Crippen LogP contribution in [0.4, 0.5) is 0 Å². The molecule has 0 amide bonds. The van der Waals surface area contributed by atoms with Crippen molar-refractivity contribution in [2.24, 2.45) is 17.6 Å². The summed E-state index contributed by atoms with van der Waals surface area (Å²) in [6.07, 6.45) is 1.12. The molecule has 0 bridgehead atoms. The third-order valence-corrected chi connectivity index (χ3v) is 3.39. The fraction of sp³-hybridized carbons (Fsp3) is 1.00. The first-order chi connectivity index (χ1) is 7.52. The molecule has 1 saturated heterocycles. The van der Waals surface area contributed by atoms with Crippen LogP contribution in [-0.4, -0.2) is 55.6 Å². The summed E-state index contributed by atoms with van der Waals surface area (Å²) >= 11 is 0. The zero-order valence-corrected chi connectivity index (χ0v) is 11.4. The molecular formula is C13H29N3. The Morgan fingerprint density at radius 3 is 2.50 bits per heavy atom. The van der Waals surface area contributed by atoms with Crippen molar-refractivity contribution in [3.05, 3.63) is 0 Å². The Kier molecular flexibility index (Phi) is 5.73. The van der Waals surface area contributed by atoms with Crippen LogP contribution in [0.15, 0.2) is 0 Å². The van der Waals surface area contributed by atoms with Gasteiger partial charge in [-0.1, -0.05) is 20.8 Å². The topological polar surface area (TPSA) is 32.5 Å². The van der Waals surface area contributed by atoms with Gasteiger partial charge in [-0.05, 0) is 31.8 Å². The second-order valence-corrected chi connectivity index (χ2v) is 5.89. The summed E-state index contributed by atoms with van der Waals surface area (Å²) in [5, 5.41) is 0. The first kappa shape index (κ1) is 13.9. The highest BCUT2D eigenvalue weighted by molar-refractivity contribution is 4.81. The molecule has 0 aliphatic carbocycles. The van der Waals surface area contributed by atoms with Gasteiger partial charge in [0.2, 0.25) is 0 Å². The normalized spacial score (nSPS) is 29.6. The van der Waals surface area contributed by atoms with E-state index in [0.29, 0.717) is 6.04 Å². The van der Waals surface area contributed by atoms with Crippen molar-refractivity contribution in [2.45, 2.75) is 33.2 Å². The predicted octanol–water partition coefficient (Wildman–Crippen LogP) is 1.24. The molecule has 0 saturated carbocycles. The number of hydrogen-bond donors (Lipinski definition) is 1. The smallest absolute Gasteiger partial charge is 0.0232 e. The van der Waals surface area contributed by atoms with E-state index in [1.807, 2.05) is 0 Å². The van der Waals surface area contributed by atoms with Gasteiger partial charge in [0, 0.05) is 32.2 Å². The van der Waals surface area contributed by atoms with Crippen LogP contribution in [0.3, 0.4) is 0 Å². The SMILES string of the molecule is CC(C)CN1CC(C)CN(C)C(CCN)C1. The Balaban J connectivity index is 2.58. The third kappa shape index (κ3) is 4.40. The van der Waals surface area contributed by atoms with Gasteiger partial charge in [-0.25, -0.2) is 0 Å². The molecule has 0 radical (unpaired) electrons. The first-order valence-electron chi connectivity index (χ1n) is 6.65. The molecule has 1 rings (SSSR count). The summed E-state index contributed by atoms with van der Waals surface area (Å²) in [6, 6.07) is 0.647. The molecule has 2 N–H and O–H groups in total. The standard InChI is InChI=1S/C13H29N3/c1-11(2)7-16-9-12(3)8-15(4)13(10-16)5-6-14/h11-13H,5-10,14H2,1-4H3. The van der Waals surface area contributed by atoms with Crippen molar-refractivity contribution < 1.29 is 0 Å². The van der Waals surface area contributed by atoms with Gasteiger partial charge in [-0.2, -0.15) is 0 Å². The van der Waals surface area contributed by atoms with E-state index in [4.69, 9.17) is 5.73 Å². The average molecular weight is 227 g/mol. The Labute approximate surface area is 101 Å². The number of rotatable bonds is 4. The molecule has 2 unspecified atom stereocenters. The lowest BCUT2D eigenvalue weighted by Gasteiger charge is -2.29. The van der Waals surface area contributed by atoms with Gasteiger partial charge >= 0.3 is 0 Å². The fourth-order valence-electron chi connectivity index (χ4n) is 2.82. The van der Waals surface area contributed by atoms with Crippen molar-refractivity contribution in [3.8, 4) is 0 Å². The Hall–Kier alpha value is -0.120. The monoisotopic (exact) mass is 227 g/mol. The molecule has 1 aliphatic heterocycles. The molecule has 0 aromatic rings. The molecule has 1 fully saturated rings. The van der Waals surface area contributed by atoms with Crippen molar-refractivity contribution in [2.75, 3.05) is 39.8 Å². The van der Waals surface area contributed by atoms with Crippen molar-refractivity contribution in [1.29, 1.82) is 0 Å². The fourth-order valence-corrected chi connectivity index (χ4v) is 2.82. The number of nitrogens with two attached hydrogens (primary N) is 1. The summed E-state index contributed by atoms with van der Waals surface area (Å²) in [6.45, 7) is 12.6. The molecule has 3 heteroatoms. The molecule has 0 aromatic carbocycles. The van der Waals surface area contributed by atoms with Crippen molar-refractivity contribution >= 4 is 0 Å². The van der Waals surface area contributed by atoms with E-state index in [1.54, 1.807) is 0 Å². The van der Waals surface area contributed by atoms with Crippen LogP contribution in [0, 0.1) is 11.8 Å². The first-order valence-corrected chi connectivity index (χ1v) is 6.65. The molecule has 0 spiro atoms. The molecular weight excluding hydrogens is 198 g/mol. The molecule has 96 valence electrons. The van der Waals surface area contributed by atoms with Gasteiger partial charge in [0.15, 0.2) is 0 Å². The quantitative estimate of drug-likeness (QED) is 0.784. The highest BCUT2D eigenvalue weighted by Gasteiger charge is 2.25. The second-order valence-electron chi connectivity index (χ2n) is 5.89. The van der Waals surface area contributed by atoms with Crippen LogP contribution in [0.5, 0.6) is 0 Å². The Morgan fingerprint density at radius 2 is 1.94 bits per heavy atom. The van der Waals surface area contributed by atoms with Crippen molar-refractivity contribution in [3.63, 3.8) is 0 Å². The summed E-state index contributed by atoms with van der Waals surface area (Å²) in [5.74, 6) is 1.53. The minimum absolute atomic E-state index is 0.647. The summed E-state index contributed by atoms with van der Waals surface area (Å²) < 4.78 is 0. The number of likely N-dealkylation sites (N-methyl/N-ethyl adjacent to an activating group) is 1. The summed E-state index contributed by atoms with van der Waals surface area (Å²) in [4.78, 5) is 5.12. The lowest BCUT2D eigenvalue weighted by Crippen LogP contribution is -2.41. The Morgan fingerprint density at radius 1 is 1.25 bits per heavy atom. The van der Waals surface area contributed by atoms with Gasteiger partial charge in [0.1, 0.15) is 0 Å². The summed E-state index contributed by atoms with van der Waals surface area (Å²) in [5.41, 5.74) is 5.71. The lowest BCUT2D eigenvalue weighted by molar-refractivity contribution is 0.189. The molecule has 1 heterocycles. The zero-order chi connectivity index (χ0) is 12.1. The number of nitrogens with zero attached hydrogens (tertiary/aromatic N) is 2. The van der Waals surface area contributed by atoms with Crippen LogP contribution < -0.4 is 5.73 Å². The van der Waals surface area contributed by atoms with Crippen molar-refractivity contribution in [1.82, 2.24) is 9.80 Å². The van der Waals surface area contributed by atoms with Gasteiger partial charge in [-0.15, -0.1) is 0 Å². The minimum atomic E-state index is 0.647. The van der Waals surface area contributed by atoms with Gasteiger partial charge in [-0.3, -0.25) is 0 Å². The number of hydrogen-bond acceptors (Lipinski definition) is 3. The lowest BCUT2D eigenvalue weighted by atomic mass is 10.1. The molecule has 3 nitrogen and oxygen atoms in total. The van der Waals surface area contributed by atoms with E-state index in [9.17, 15) is 0 Å². The maximum Gasteiger partial charge on any atom is 0.0232 e. The van der Waals surface area contributed by atoms with Gasteiger partial charge < -0.3 is 15.5 Å². The van der Waals surface area contributed by atoms with E-state index >= 15 is 0 Å². The van der Waals surface area contributed by atoms with E-state index in [0.717, 1.165) is 24.8 Å². The van der Waals surface area contributed by atoms with Crippen LogP contribution in [0.1, 0.15) is 27.2 Å². The van der Waals surface area contributed by atoms with E-state index < -0.39 is 0 Å². The third-order valence-electron chi connectivity index (χ3n) is 3.39. The van der Waals surface area contributed by atoms with Gasteiger partial charge in [0.25, 0.3) is 0 Å². The molecule has 2 atom stereocenters. The van der Waals surface area contributed by atoms with Crippen LogP contribution in [0.25, 0.3) is 0 Å². The predicted molar refractivity (Wildman–Crippen MR) is 70.5 cm³/mol. The minimum Gasteiger partial charge on any atom is -0.330 e. The maximum atomic E-state index is 5.71. The molecule has 0 aromatic heterocycles. The van der Waals surface area contributed by atoms with E-state index in [1.165, 1.54) is 26.2 Å². The van der Waals surface area contributed by atoms with Crippen LogP contribution >= 0.6 is 0 Å². The Bertz CT molecular complexity index is 194. The highest BCUT2D eigenvalue weighted by atomic mass is 15.2. The maximum absolute atomic E-state index is 5.71. The van der Waals surface area contributed by atoms with Crippen LogP contribution in [0.2, 0.25) is 0 Å². The van der Waals surface area contributed by atoms with E-state index in [2.05, 4.69) is 37.6 Å². The van der Waals surface area contributed by atoms with E-state index in [-0.39, 0.29) is 0 Å². The largest absolute Gasteiger partial charge is 0.330 e. The van der Waals surface area contributed by atoms with Gasteiger partial charge in [0.05, 0.1) is 0 Å². The average Bonchev–Trinajstić information content (AvgIpc) is 2.26. The molecule has 16 heavy (non-hydrogen) atoms. The molecule has 1 aliphatic rings. The van der Waals surface area contributed by atoms with Crippen LogP contribution in [-0.2, 0) is 0 Å². The zero-order valence-electron chi connectivity index (χ0n) is 11.4. The highest BCUT2D eigenvalue weighted by Crippen LogP contribution is 2.15. The summed E-state index contributed by atoms with van der Waals surface area (Å²) in [7, 11) is 2.25. The second kappa shape index (κ2) is 6.58.